The number of aryl methyl sites for hydroxylation is 1. The van der Waals surface area contributed by atoms with Crippen molar-refractivity contribution in [2.24, 2.45) is 5.41 Å². The summed E-state index contributed by atoms with van der Waals surface area (Å²) in [7, 11) is 0. The van der Waals surface area contributed by atoms with Crippen molar-refractivity contribution in [1.82, 2.24) is 4.90 Å². The third kappa shape index (κ3) is 2.74. The number of nitrogens with one attached hydrogen (secondary N) is 1. The molecule has 0 aromatic heterocycles. The number of rotatable bonds is 2. The van der Waals surface area contributed by atoms with E-state index in [0.717, 1.165) is 5.56 Å². The Bertz CT molecular complexity index is 561. The third-order valence-electron chi connectivity index (χ3n) is 3.72. The number of aliphatic carboxylic acids is 1. The number of nitrogens with zero attached hydrogens (tertiary/aromatic N) is 1. The topological polar surface area (TPSA) is 69.6 Å². The molecular weight excluding hydrogens is 263 g/mol. The van der Waals surface area contributed by atoms with Crippen LogP contribution in [0.3, 0.4) is 0 Å². The van der Waals surface area contributed by atoms with Crippen LogP contribution in [-0.4, -0.2) is 35.1 Å². The molecule has 0 spiro atoms. The Morgan fingerprint density at radius 3 is 2.75 bits per heavy atom. The van der Waals surface area contributed by atoms with E-state index < -0.39 is 23.2 Å². The van der Waals surface area contributed by atoms with Crippen molar-refractivity contribution >= 4 is 17.7 Å². The number of carbonyl (C=O) groups excluding carboxylic acids is 1. The largest absolute Gasteiger partial charge is 0.481 e. The van der Waals surface area contributed by atoms with Gasteiger partial charge in [0.05, 0.1) is 5.41 Å². The maximum atomic E-state index is 13.2. The minimum atomic E-state index is -0.908. The number of halogens is 1. The average molecular weight is 280 g/mol. The van der Waals surface area contributed by atoms with Gasteiger partial charge in [-0.15, -0.1) is 0 Å². The summed E-state index contributed by atoms with van der Waals surface area (Å²) in [5.41, 5.74) is 0.243. The monoisotopic (exact) mass is 280 g/mol. The van der Waals surface area contributed by atoms with E-state index in [1.54, 1.807) is 19.9 Å². The number of benzene rings is 1. The van der Waals surface area contributed by atoms with Crippen LogP contribution in [0.1, 0.15) is 18.9 Å². The lowest BCUT2D eigenvalue weighted by molar-refractivity contribution is -0.146. The van der Waals surface area contributed by atoms with Gasteiger partial charge in [0.1, 0.15) is 5.82 Å². The number of likely N-dealkylation sites (tertiary alicyclic amines) is 1. The molecule has 2 rings (SSSR count). The summed E-state index contributed by atoms with van der Waals surface area (Å²) < 4.78 is 13.2. The van der Waals surface area contributed by atoms with Crippen molar-refractivity contribution in [3.8, 4) is 0 Å². The predicted molar refractivity (Wildman–Crippen MR) is 72.1 cm³/mol. The van der Waals surface area contributed by atoms with Crippen molar-refractivity contribution in [2.75, 3.05) is 18.4 Å². The first kappa shape index (κ1) is 14.3. The smallest absolute Gasteiger partial charge is 0.321 e. The van der Waals surface area contributed by atoms with Gasteiger partial charge in [-0.1, -0.05) is 6.07 Å². The first-order valence-corrected chi connectivity index (χ1v) is 6.37. The molecular formula is C14H17FN2O3. The van der Waals surface area contributed by atoms with Gasteiger partial charge < -0.3 is 15.3 Å². The molecule has 1 saturated heterocycles. The van der Waals surface area contributed by atoms with Crippen LogP contribution in [0.4, 0.5) is 14.9 Å². The first-order chi connectivity index (χ1) is 9.32. The van der Waals surface area contributed by atoms with Crippen molar-refractivity contribution in [3.05, 3.63) is 29.6 Å². The SMILES string of the molecule is Cc1ccc(F)cc1NC(=O)N1CCC(C)(C(=O)O)C1. The highest BCUT2D eigenvalue weighted by Gasteiger charge is 2.42. The molecule has 2 amide bonds. The van der Waals surface area contributed by atoms with Gasteiger partial charge >= 0.3 is 12.0 Å². The lowest BCUT2D eigenvalue weighted by Crippen LogP contribution is -2.37. The Labute approximate surface area is 116 Å². The zero-order valence-corrected chi connectivity index (χ0v) is 11.4. The molecule has 6 heteroatoms. The van der Waals surface area contributed by atoms with E-state index in [-0.39, 0.29) is 6.54 Å². The summed E-state index contributed by atoms with van der Waals surface area (Å²) in [4.78, 5) is 24.7. The number of amides is 2. The summed E-state index contributed by atoms with van der Waals surface area (Å²) >= 11 is 0. The molecule has 20 heavy (non-hydrogen) atoms. The Hall–Kier alpha value is -2.11. The molecule has 5 nitrogen and oxygen atoms in total. The molecule has 0 bridgehead atoms. The number of anilines is 1. The summed E-state index contributed by atoms with van der Waals surface area (Å²) in [5.74, 6) is -1.34. The first-order valence-electron chi connectivity index (χ1n) is 6.37. The second-order valence-electron chi connectivity index (χ2n) is 5.43. The number of hydrogen-bond acceptors (Lipinski definition) is 2. The molecule has 1 heterocycles. The minimum absolute atomic E-state index is 0.155. The van der Waals surface area contributed by atoms with Crippen molar-refractivity contribution in [2.45, 2.75) is 20.3 Å². The molecule has 1 fully saturated rings. The van der Waals surface area contributed by atoms with E-state index in [9.17, 15) is 14.0 Å². The van der Waals surface area contributed by atoms with Gasteiger partial charge in [0.15, 0.2) is 0 Å². The zero-order chi connectivity index (χ0) is 14.9. The Balaban J connectivity index is 2.07. The second-order valence-corrected chi connectivity index (χ2v) is 5.43. The molecule has 1 atom stereocenters. The van der Waals surface area contributed by atoms with Crippen molar-refractivity contribution in [3.63, 3.8) is 0 Å². The minimum Gasteiger partial charge on any atom is -0.481 e. The number of hydrogen-bond donors (Lipinski definition) is 2. The van der Waals surface area contributed by atoms with E-state index in [4.69, 9.17) is 5.11 Å². The molecule has 108 valence electrons. The van der Waals surface area contributed by atoms with E-state index in [1.165, 1.54) is 17.0 Å². The third-order valence-corrected chi connectivity index (χ3v) is 3.72. The second kappa shape index (κ2) is 5.11. The normalized spacial score (nSPS) is 21.9. The molecule has 0 aliphatic carbocycles. The fraction of sp³-hybridized carbons (Fsp3) is 0.429. The number of carboxylic acids is 1. The highest BCUT2D eigenvalue weighted by atomic mass is 19.1. The fourth-order valence-corrected chi connectivity index (χ4v) is 2.23. The van der Waals surface area contributed by atoms with Crippen LogP contribution in [0.2, 0.25) is 0 Å². The molecule has 1 aromatic rings. The van der Waals surface area contributed by atoms with E-state index in [2.05, 4.69) is 5.32 Å². The molecule has 1 aromatic carbocycles. The number of urea groups is 1. The summed E-state index contributed by atoms with van der Waals surface area (Å²) in [5, 5.41) is 11.8. The predicted octanol–water partition coefficient (Wildman–Crippen LogP) is 2.46. The Morgan fingerprint density at radius 2 is 2.15 bits per heavy atom. The molecule has 1 aliphatic heterocycles. The Kier molecular flexibility index (Phi) is 3.65. The Morgan fingerprint density at radius 1 is 1.45 bits per heavy atom. The standard InChI is InChI=1S/C14H17FN2O3/c1-9-3-4-10(15)7-11(9)16-13(20)17-6-5-14(2,8-17)12(18)19/h3-4,7H,5-6,8H2,1-2H3,(H,16,20)(H,18,19). The summed E-state index contributed by atoms with van der Waals surface area (Å²) in [6.45, 7) is 3.92. The van der Waals surface area contributed by atoms with Gasteiger partial charge in [0.25, 0.3) is 0 Å². The number of carbonyl (C=O) groups is 2. The highest BCUT2D eigenvalue weighted by Crippen LogP contribution is 2.30. The van der Waals surface area contributed by atoms with E-state index in [0.29, 0.717) is 18.7 Å². The molecule has 2 N–H and O–H groups in total. The fourth-order valence-electron chi connectivity index (χ4n) is 2.23. The summed E-state index contributed by atoms with van der Waals surface area (Å²) in [6, 6.07) is 3.75. The zero-order valence-electron chi connectivity index (χ0n) is 11.4. The van der Waals surface area contributed by atoms with E-state index in [1.807, 2.05) is 0 Å². The lowest BCUT2D eigenvalue weighted by Gasteiger charge is -2.21. The lowest BCUT2D eigenvalue weighted by atomic mass is 9.90. The van der Waals surface area contributed by atoms with E-state index >= 15 is 0 Å². The van der Waals surface area contributed by atoms with Crippen molar-refractivity contribution in [1.29, 1.82) is 0 Å². The molecule has 0 saturated carbocycles. The quantitative estimate of drug-likeness (QED) is 0.874. The maximum Gasteiger partial charge on any atom is 0.321 e. The van der Waals surface area contributed by atoms with Crippen LogP contribution < -0.4 is 5.32 Å². The van der Waals surface area contributed by atoms with Crippen LogP contribution >= 0.6 is 0 Å². The van der Waals surface area contributed by atoms with Crippen LogP contribution in [0, 0.1) is 18.2 Å². The van der Waals surface area contributed by atoms with Crippen molar-refractivity contribution < 1.29 is 19.1 Å². The van der Waals surface area contributed by atoms with Crippen LogP contribution in [0.15, 0.2) is 18.2 Å². The highest BCUT2D eigenvalue weighted by molar-refractivity contribution is 5.91. The number of carboxylic acid groups (broad SMARTS) is 1. The molecule has 1 aliphatic rings. The van der Waals surface area contributed by atoms with Crippen LogP contribution in [-0.2, 0) is 4.79 Å². The van der Waals surface area contributed by atoms with Gasteiger partial charge in [-0.3, -0.25) is 4.79 Å². The van der Waals surface area contributed by atoms with Gasteiger partial charge in [-0.05, 0) is 38.0 Å². The molecule has 1 unspecified atom stereocenters. The van der Waals surface area contributed by atoms with Crippen LogP contribution in [0.25, 0.3) is 0 Å². The van der Waals surface area contributed by atoms with Crippen LogP contribution in [0.5, 0.6) is 0 Å². The van der Waals surface area contributed by atoms with Gasteiger partial charge in [-0.25, -0.2) is 9.18 Å². The van der Waals surface area contributed by atoms with Gasteiger partial charge in [0.2, 0.25) is 0 Å². The average Bonchev–Trinajstić information content (AvgIpc) is 2.78. The maximum absolute atomic E-state index is 13.2. The van der Waals surface area contributed by atoms with Gasteiger partial charge in [0, 0.05) is 18.8 Å². The van der Waals surface area contributed by atoms with Gasteiger partial charge in [-0.2, -0.15) is 0 Å². The molecule has 0 radical (unpaired) electrons. The summed E-state index contributed by atoms with van der Waals surface area (Å²) in [6.07, 6.45) is 0.415.